The SMILES string of the molecule is CC(=O)[C@H](Cc1ccccc1)NC(=O)COC(=O)c1ccc(Cl)c([N+](=O)[O-])c1. The number of carbonyl (C=O) groups is 3. The van der Waals surface area contributed by atoms with E-state index in [-0.39, 0.29) is 16.4 Å². The predicted molar refractivity (Wildman–Crippen MR) is 101 cm³/mol. The van der Waals surface area contributed by atoms with Gasteiger partial charge in [-0.2, -0.15) is 0 Å². The van der Waals surface area contributed by atoms with Crippen molar-refractivity contribution in [2.24, 2.45) is 0 Å². The van der Waals surface area contributed by atoms with Gasteiger partial charge in [-0.25, -0.2) is 4.79 Å². The van der Waals surface area contributed by atoms with Gasteiger partial charge in [0.25, 0.3) is 11.6 Å². The van der Waals surface area contributed by atoms with Gasteiger partial charge in [0, 0.05) is 6.07 Å². The monoisotopic (exact) mass is 404 g/mol. The molecule has 0 unspecified atom stereocenters. The maximum absolute atomic E-state index is 12.0. The van der Waals surface area contributed by atoms with Gasteiger partial charge in [0.2, 0.25) is 0 Å². The number of nitrogens with one attached hydrogen (secondary N) is 1. The molecule has 28 heavy (non-hydrogen) atoms. The van der Waals surface area contributed by atoms with Gasteiger partial charge in [-0.15, -0.1) is 0 Å². The number of nitro benzene ring substituents is 1. The third-order valence-corrected chi connectivity index (χ3v) is 4.14. The lowest BCUT2D eigenvalue weighted by atomic mass is 10.0. The minimum absolute atomic E-state index is 0.115. The summed E-state index contributed by atoms with van der Waals surface area (Å²) < 4.78 is 4.87. The van der Waals surface area contributed by atoms with Crippen LogP contribution in [0.1, 0.15) is 22.8 Å². The highest BCUT2D eigenvalue weighted by Gasteiger charge is 2.20. The van der Waals surface area contributed by atoms with Gasteiger partial charge in [-0.1, -0.05) is 41.9 Å². The number of Topliss-reactive ketones (excluding diaryl/α,β-unsaturated/α-hetero) is 1. The molecule has 0 heterocycles. The Morgan fingerprint density at radius 1 is 1.18 bits per heavy atom. The van der Waals surface area contributed by atoms with Gasteiger partial charge in [0.05, 0.1) is 16.5 Å². The second-order valence-electron chi connectivity index (χ2n) is 5.92. The second kappa shape index (κ2) is 9.61. The summed E-state index contributed by atoms with van der Waals surface area (Å²) >= 11 is 5.69. The number of esters is 1. The summed E-state index contributed by atoms with van der Waals surface area (Å²) in [4.78, 5) is 46.0. The Morgan fingerprint density at radius 3 is 2.46 bits per heavy atom. The van der Waals surface area contributed by atoms with Crippen molar-refractivity contribution in [1.29, 1.82) is 0 Å². The Hall–Kier alpha value is -3.26. The molecule has 1 N–H and O–H groups in total. The van der Waals surface area contributed by atoms with Gasteiger partial charge in [-0.05, 0) is 31.0 Å². The van der Waals surface area contributed by atoms with E-state index in [0.717, 1.165) is 11.6 Å². The van der Waals surface area contributed by atoms with E-state index in [4.69, 9.17) is 16.3 Å². The summed E-state index contributed by atoms with van der Waals surface area (Å²) in [5, 5.41) is 13.3. The number of nitrogens with zero attached hydrogens (tertiary/aromatic N) is 1. The lowest BCUT2D eigenvalue weighted by Gasteiger charge is -2.16. The molecule has 0 aromatic heterocycles. The number of rotatable bonds is 8. The first kappa shape index (κ1) is 21.0. The third kappa shape index (κ3) is 5.88. The van der Waals surface area contributed by atoms with E-state index in [1.807, 2.05) is 30.3 Å². The molecule has 2 aromatic rings. The van der Waals surface area contributed by atoms with Crippen molar-refractivity contribution in [2.75, 3.05) is 6.61 Å². The van der Waals surface area contributed by atoms with Crippen LogP contribution in [0.4, 0.5) is 5.69 Å². The molecule has 0 fully saturated rings. The molecule has 146 valence electrons. The Morgan fingerprint density at radius 2 is 1.86 bits per heavy atom. The topological polar surface area (TPSA) is 116 Å². The molecular weight excluding hydrogens is 388 g/mol. The van der Waals surface area contributed by atoms with E-state index < -0.39 is 35.1 Å². The number of benzene rings is 2. The van der Waals surface area contributed by atoms with E-state index in [1.165, 1.54) is 19.1 Å². The maximum atomic E-state index is 12.0. The van der Waals surface area contributed by atoms with E-state index in [0.29, 0.717) is 6.42 Å². The molecule has 0 spiro atoms. The van der Waals surface area contributed by atoms with Crippen molar-refractivity contribution in [3.63, 3.8) is 0 Å². The van der Waals surface area contributed by atoms with Crippen LogP contribution in [0.2, 0.25) is 5.02 Å². The quantitative estimate of drug-likeness (QED) is 0.411. The van der Waals surface area contributed by atoms with Crippen molar-refractivity contribution in [1.82, 2.24) is 5.32 Å². The predicted octanol–water partition coefficient (Wildman–Crippen LogP) is 2.72. The zero-order valence-corrected chi connectivity index (χ0v) is 15.6. The van der Waals surface area contributed by atoms with Crippen LogP contribution in [0.5, 0.6) is 0 Å². The standard InChI is InChI=1S/C19H17ClN2O6/c1-12(23)16(9-13-5-3-2-4-6-13)21-18(24)11-28-19(25)14-7-8-15(20)17(10-14)22(26)27/h2-8,10,16H,9,11H2,1H3,(H,21,24)/t16-/m0/s1. The lowest BCUT2D eigenvalue weighted by molar-refractivity contribution is -0.384. The van der Waals surface area contributed by atoms with Crippen molar-refractivity contribution < 1.29 is 24.0 Å². The first-order valence-corrected chi connectivity index (χ1v) is 8.60. The smallest absolute Gasteiger partial charge is 0.338 e. The molecule has 0 aliphatic carbocycles. The van der Waals surface area contributed by atoms with E-state index in [2.05, 4.69) is 5.32 Å². The maximum Gasteiger partial charge on any atom is 0.338 e. The number of carbonyl (C=O) groups excluding carboxylic acids is 3. The summed E-state index contributed by atoms with van der Waals surface area (Å²) in [6, 6.07) is 11.8. The fraction of sp³-hybridized carbons (Fsp3) is 0.211. The molecule has 0 aliphatic heterocycles. The number of nitro groups is 1. The highest BCUT2D eigenvalue weighted by Crippen LogP contribution is 2.25. The number of halogens is 1. The largest absolute Gasteiger partial charge is 0.452 e. The van der Waals surface area contributed by atoms with Gasteiger partial charge in [0.1, 0.15) is 5.02 Å². The molecule has 0 saturated heterocycles. The van der Waals surface area contributed by atoms with Crippen molar-refractivity contribution >= 4 is 34.9 Å². The average Bonchev–Trinajstić information content (AvgIpc) is 2.66. The number of ketones is 1. The van der Waals surface area contributed by atoms with E-state index in [1.54, 1.807) is 0 Å². The van der Waals surface area contributed by atoms with Crippen LogP contribution in [0.25, 0.3) is 0 Å². The molecular formula is C19H17ClN2O6. The minimum atomic E-state index is -0.919. The van der Waals surface area contributed by atoms with Crippen LogP contribution in [0, 0.1) is 10.1 Å². The van der Waals surface area contributed by atoms with Gasteiger partial charge >= 0.3 is 5.97 Å². The number of ether oxygens (including phenoxy) is 1. The summed E-state index contributed by atoms with van der Waals surface area (Å²) in [5.74, 6) is -1.82. The van der Waals surface area contributed by atoms with Crippen molar-refractivity contribution in [3.8, 4) is 0 Å². The van der Waals surface area contributed by atoms with Crippen LogP contribution >= 0.6 is 11.6 Å². The Balaban J connectivity index is 1.95. The second-order valence-corrected chi connectivity index (χ2v) is 6.33. The molecule has 0 aliphatic rings. The molecule has 0 radical (unpaired) electrons. The zero-order chi connectivity index (χ0) is 20.7. The van der Waals surface area contributed by atoms with Crippen molar-refractivity contribution in [2.45, 2.75) is 19.4 Å². The van der Waals surface area contributed by atoms with E-state index in [9.17, 15) is 24.5 Å². The highest BCUT2D eigenvalue weighted by molar-refractivity contribution is 6.32. The summed E-state index contributed by atoms with van der Waals surface area (Å²) in [6.07, 6.45) is 0.305. The Kier molecular flexibility index (Phi) is 7.22. The Labute approximate surface area is 165 Å². The average molecular weight is 405 g/mol. The zero-order valence-electron chi connectivity index (χ0n) is 14.9. The molecule has 2 rings (SSSR count). The third-order valence-electron chi connectivity index (χ3n) is 3.82. The molecule has 0 saturated carbocycles. The summed E-state index contributed by atoms with van der Waals surface area (Å²) in [5.41, 5.74) is 0.310. The highest BCUT2D eigenvalue weighted by atomic mass is 35.5. The van der Waals surface area contributed by atoms with Crippen molar-refractivity contribution in [3.05, 3.63) is 74.8 Å². The van der Waals surface area contributed by atoms with E-state index >= 15 is 0 Å². The lowest BCUT2D eigenvalue weighted by Crippen LogP contribution is -2.43. The van der Waals surface area contributed by atoms with Crippen LogP contribution in [-0.2, 0) is 20.7 Å². The summed E-state index contributed by atoms with van der Waals surface area (Å²) in [7, 11) is 0. The summed E-state index contributed by atoms with van der Waals surface area (Å²) in [6.45, 7) is 0.723. The van der Waals surface area contributed by atoms with Crippen LogP contribution in [0.3, 0.4) is 0 Å². The van der Waals surface area contributed by atoms with Crippen LogP contribution in [-0.4, -0.2) is 35.2 Å². The van der Waals surface area contributed by atoms with Gasteiger partial charge in [0.15, 0.2) is 12.4 Å². The minimum Gasteiger partial charge on any atom is -0.452 e. The fourth-order valence-corrected chi connectivity index (χ4v) is 2.56. The van der Waals surface area contributed by atoms with Gasteiger partial charge < -0.3 is 10.1 Å². The van der Waals surface area contributed by atoms with Crippen LogP contribution < -0.4 is 5.32 Å². The number of amides is 1. The normalized spacial score (nSPS) is 11.4. The number of hydrogen-bond donors (Lipinski definition) is 1. The molecule has 1 amide bonds. The molecule has 8 nitrogen and oxygen atoms in total. The molecule has 2 aromatic carbocycles. The first-order chi connectivity index (χ1) is 13.3. The first-order valence-electron chi connectivity index (χ1n) is 8.22. The number of hydrogen-bond acceptors (Lipinski definition) is 6. The van der Waals surface area contributed by atoms with Crippen LogP contribution in [0.15, 0.2) is 48.5 Å². The Bertz CT molecular complexity index is 901. The van der Waals surface area contributed by atoms with Gasteiger partial charge in [-0.3, -0.25) is 19.7 Å². The molecule has 1 atom stereocenters. The molecule has 9 heteroatoms. The molecule has 0 bridgehead atoms. The fourth-order valence-electron chi connectivity index (χ4n) is 2.38.